The Morgan fingerprint density at radius 3 is 2.53 bits per heavy atom. The first kappa shape index (κ1) is 22.0. The van der Waals surface area contributed by atoms with Crippen molar-refractivity contribution in [3.8, 4) is 11.5 Å². The molecule has 1 atom stereocenters. The number of methoxy groups -OCH3 is 2. The molecule has 3 rings (SSSR count). The van der Waals surface area contributed by atoms with E-state index in [-0.39, 0.29) is 28.8 Å². The monoisotopic (exact) mass is 433 g/mol. The van der Waals surface area contributed by atoms with Crippen LogP contribution in [-0.4, -0.2) is 49.6 Å². The number of carbonyl (C=O) groups is 1. The number of hydrogen-bond donors (Lipinski definition) is 1. The number of thiophene rings is 1. The van der Waals surface area contributed by atoms with Crippen LogP contribution >= 0.6 is 11.3 Å². The van der Waals surface area contributed by atoms with E-state index in [0.29, 0.717) is 12.5 Å². The van der Waals surface area contributed by atoms with Crippen LogP contribution in [0.15, 0.2) is 29.6 Å². The molecule has 1 amide bonds. The molecular formula is C21H27N3O5S. The third-order valence-electron chi connectivity index (χ3n) is 5.53. The minimum Gasteiger partial charge on any atom is -0.493 e. The van der Waals surface area contributed by atoms with Crippen molar-refractivity contribution in [3.05, 3.63) is 50.2 Å². The van der Waals surface area contributed by atoms with E-state index in [0.717, 1.165) is 25.9 Å². The minimum absolute atomic E-state index is 0.0423. The van der Waals surface area contributed by atoms with Crippen LogP contribution in [0.1, 0.15) is 41.0 Å². The smallest absolute Gasteiger partial charge is 0.286 e. The summed E-state index contributed by atoms with van der Waals surface area (Å²) in [6.07, 6.45) is 2.24. The third kappa shape index (κ3) is 4.91. The molecule has 0 radical (unpaired) electrons. The Labute approximate surface area is 179 Å². The molecule has 1 fully saturated rings. The number of benzene rings is 1. The Morgan fingerprint density at radius 2 is 1.97 bits per heavy atom. The van der Waals surface area contributed by atoms with E-state index in [2.05, 4.69) is 23.2 Å². The van der Waals surface area contributed by atoms with Crippen LogP contribution in [0.25, 0.3) is 0 Å². The van der Waals surface area contributed by atoms with Crippen LogP contribution in [0.5, 0.6) is 11.5 Å². The maximum absolute atomic E-state index is 12.9. The lowest BCUT2D eigenvalue weighted by Crippen LogP contribution is -2.41. The lowest BCUT2D eigenvalue weighted by molar-refractivity contribution is -0.385. The summed E-state index contributed by atoms with van der Waals surface area (Å²) in [6, 6.07) is 6.69. The van der Waals surface area contributed by atoms with Gasteiger partial charge in [-0.05, 0) is 43.3 Å². The van der Waals surface area contributed by atoms with Gasteiger partial charge in [0.05, 0.1) is 31.3 Å². The summed E-state index contributed by atoms with van der Waals surface area (Å²) in [7, 11) is 2.82. The Morgan fingerprint density at radius 1 is 1.30 bits per heavy atom. The molecule has 1 N–H and O–H groups in total. The van der Waals surface area contributed by atoms with Crippen LogP contribution in [0.2, 0.25) is 0 Å². The van der Waals surface area contributed by atoms with Gasteiger partial charge in [-0.1, -0.05) is 13.0 Å². The SMILES string of the molecule is COc1cc(C(=O)NC[C@H](c2cccs2)N2CCC(C)CC2)c([N+](=O)[O-])cc1OC. The average molecular weight is 434 g/mol. The maximum atomic E-state index is 12.9. The van der Waals surface area contributed by atoms with Crippen molar-refractivity contribution in [2.24, 2.45) is 5.92 Å². The number of rotatable bonds is 8. The average Bonchev–Trinajstić information content (AvgIpc) is 3.28. The summed E-state index contributed by atoms with van der Waals surface area (Å²) in [6.45, 7) is 4.57. The highest BCUT2D eigenvalue weighted by Gasteiger charge is 2.28. The molecule has 1 aromatic heterocycles. The molecule has 0 unspecified atom stereocenters. The van der Waals surface area contributed by atoms with Crippen molar-refractivity contribution in [1.82, 2.24) is 10.2 Å². The molecule has 8 nitrogen and oxygen atoms in total. The second-order valence-electron chi connectivity index (χ2n) is 7.44. The van der Waals surface area contributed by atoms with E-state index in [9.17, 15) is 14.9 Å². The maximum Gasteiger partial charge on any atom is 0.286 e. The minimum atomic E-state index is -0.584. The van der Waals surface area contributed by atoms with Crippen LogP contribution in [0, 0.1) is 16.0 Å². The highest BCUT2D eigenvalue weighted by Crippen LogP contribution is 2.35. The Kier molecular flexibility index (Phi) is 7.28. The van der Waals surface area contributed by atoms with Crippen molar-refractivity contribution in [1.29, 1.82) is 0 Å². The van der Waals surface area contributed by atoms with Gasteiger partial charge in [-0.2, -0.15) is 0 Å². The number of nitro groups is 1. The second kappa shape index (κ2) is 9.90. The number of likely N-dealkylation sites (tertiary alicyclic amines) is 1. The first-order chi connectivity index (χ1) is 14.4. The van der Waals surface area contributed by atoms with Crippen molar-refractivity contribution >= 4 is 22.9 Å². The zero-order valence-corrected chi connectivity index (χ0v) is 18.2. The fourth-order valence-corrected chi connectivity index (χ4v) is 4.58. The van der Waals surface area contributed by atoms with Crippen molar-refractivity contribution < 1.29 is 19.2 Å². The molecule has 30 heavy (non-hydrogen) atoms. The third-order valence-corrected chi connectivity index (χ3v) is 6.50. The van der Waals surface area contributed by atoms with Gasteiger partial charge in [-0.15, -0.1) is 11.3 Å². The summed E-state index contributed by atoms with van der Waals surface area (Å²) >= 11 is 1.65. The molecule has 1 aliphatic rings. The number of carbonyl (C=O) groups excluding carboxylic acids is 1. The predicted molar refractivity (Wildman–Crippen MR) is 116 cm³/mol. The number of amides is 1. The van der Waals surface area contributed by atoms with E-state index in [1.807, 2.05) is 11.4 Å². The zero-order chi connectivity index (χ0) is 21.7. The van der Waals surface area contributed by atoms with Crippen molar-refractivity contribution in [3.63, 3.8) is 0 Å². The molecule has 1 saturated heterocycles. The topological polar surface area (TPSA) is 93.9 Å². The molecular weight excluding hydrogens is 406 g/mol. The van der Waals surface area contributed by atoms with Crippen LogP contribution in [0.4, 0.5) is 5.69 Å². The molecule has 0 bridgehead atoms. The van der Waals surface area contributed by atoms with Gasteiger partial charge < -0.3 is 14.8 Å². The number of nitrogens with zero attached hydrogens (tertiary/aromatic N) is 2. The summed E-state index contributed by atoms with van der Waals surface area (Å²) in [4.78, 5) is 27.4. The van der Waals surface area contributed by atoms with Gasteiger partial charge in [-0.25, -0.2) is 0 Å². The van der Waals surface area contributed by atoms with Crippen molar-refractivity contribution in [2.45, 2.75) is 25.8 Å². The normalized spacial score (nSPS) is 16.1. The molecule has 1 aromatic carbocycles. The summed E-state index contributed by atoms with van der Waals surface area (Å²) in [5.41, 5.74) is -0.362. The number of piperidine rings is 1. The molecule has 9 heteroatoms. The van der Waals surface area contributed by atoms with E-state index in [1.54, 1.807) is 11.3 Å². The molecule has 0 saturated carbocycles. The number of ether oxygens (including phenoxy) is 2. The van der Waals surface area contributed by atoms with Crippen LogP contribution in [0.3, 0.4) is 0 Å². The highest BCUT2D eigenvalue weighted by atomic mass is 32.1. The Bertz CT molecular complexity index is 879. The van der Waals surface area contributed by atoms with Gasteiger partial charge in [0.2, 0.25) is 0 Å². The fraction of sp³-hybridized carbons (Fsp3) is 0.476. The number of nitrogens with one attached hydrogen (secondary N) is 1. The Balaban J connectivity index is 1.81. The number of nitro benzene ring substituents is 1. The lowest BCUT2D eigenvalue weighted by atomic mass is 9.97. The second-order valence-corrected chi connectivity index (χ2v) is 8.42. The van der Waals surface area contributed by atoms with Gasteiger partial charge in [0.25, 0.3) is 11.6 Å². The summed E-state index contributed by atoms with van der Waals surface area (Å²) < 4.78 is 10.3. The van der Waals surface area contributed by atoms with E-state index < -0.39 is 10.8 Å². The molecule has 2 aromatic rings. The largest absolute Gasteiger partial charge is 0.493 e. The molecule has 0 aliphatic carbocycles. The molecule has 1 aliphatic heterocycles. The van der Waals surface area contributed by atoms with Gasteiger partial charge in [-0.3, -0.25) is 19.8 Å². The van der Waals surface area contributed by atoms with Crippen LogP contribution in [-0.2, 0) is 0 Å². The number of hydrogen-bond acceptors (Lipinski definition) is 7. The Hall–Kier alpha value is -2.65. The van der Waals surface area contributed by atoms with E-state index >= 15 is 0 Å². The molecule has 0 spiro atoms. The van der Waals surface area contributed by atoms with Gasteiger partial charge >= 0.3 is 0 Å². The zero-order valence-electron chi connectivity index (χ0n) is 17.4. The molecule has 162 valence electrons. The van der Waals surface area contributed by atoms with Crippen molar-refractivity contribution in [2.75, 3.05) is 33.9 Å². The van der Waals surface area contributed by atoms with Gasteiger partial charge in [0, 0.05) is 17.5 Å². The predicted octanol–water partition coefficient (Wildman–Crippen LogP) is 3.88. The fourth-order valence-electron chi connectivity index (χ4n) is 3.72. The first-order valence-electron chi connectivity index (χ1n) is 9.90. The summed E-state index contributed by atoms with van der Waals surface area (Å²) in [5, 5.41) is 16.4. The molecule has 2 heterocycles. The lowest BCUT2D eigenvalue weighted by Gasteiger charge is -2.36. The van der Waals surface area contributed by atoms with Crippen LogP contribution < -0.4 is 14.8 Å². The standard InChI is InChI=1S/C21H27N3O5S/c1-14-6-8-23(9-7-14)17(20-5-4-10-30-20)13-22-21(25)15-11-18(28-2)19(29-3)12-16(15)24(26)27/h4-5,10-12,14,17H,6-9,13H2,1-3H3,(H,22,25)/t17-/m1/s1. The van der Waals surface area contributed by atoms with Gasteiger partial charge in [0.15, 0.2) is 11.5 Å². The van der Waals surface area contributed by atoms with E-state index in [4.69, 9.17) is 9.47 Å². The quantitative estimate of drug-likeness (QED) is 0.502. The first-order valence-corrected chi connectivity index (χ1v) is 10.8. The summed E-state index contributed by atoms with van der Waals surface area (Å²) in [5.74, 6) is 0.677. The highest BCUT2D eigenvalue weighted by molar-refractivity contribution is 7.10. The van der Waals surface area contributed by atoms with Gasteiger partial charge in [0.1, 0.15) is 5.56 Å². The van der Waals surface area contributed by atoms with E-state index in [1.165, 1.54) is 31.2 Å².